The molecule has 2 bridgehead atoms. The van der Waals surface area contributed by atoms with Crippen molar-refractivity contribution < 1.29 is 23.0 Å². The molecule has 1 aromatic carbocycles. The van der Waals surface area contributed by atoms with E-state index in [1.165, 1.54) is 12.1 Å². The van der Waals surface area contributed by atoms with Gasteiger partial charge in [0.2, 0.25) is 0 Å². The lowest BCUT2D eigenvalue weighted by atomic mass is 9.72. The average Bonchev–Trinajstić information content (AvgIpc) is 2.39. The molecular weight excluding hydrogens is 295 g/mol. The lowest BCUT2D eigenvalue weighted by molar-refractivity contribution is -0.275. The number of hydrogen-bond donors (Lipinski definition) is 1. The van der Waals surface area contributed by atoms with Gasteiger partial charge in [-0.05, 0) is 38.8 Å². The van der Waals surface area contributed by atoms with E-state index < -0.39 is 12.0 Å². The molecule has 1 aromatic rings. The van der Waals surface area contributed by atoms with Crippen LogP contribution in [0.4, 0.5) is 13.2 Å². The normalized spacial score (nSPS) is 32.8. The summed E-state index contributed by atoms with van der Waals surface area (Å²) in [7, 11) is 2.03. The van der Waals surface area contributed by atoms with Crippen LogP contribution >= 0.6 is 0 Å². The van der Waals surface area contributed by atoms with Crippen molar-refractivity contribution in [1.29, 1.82) is 0 Å². The Bertz CT molecular complexity index is 532. The van der Waals surface area contributed by atoms with Crippen LogP contribution < -0.4 is 4.74 Å². The zero-order chi connectivity index (χ0) is 16.0. The van der Waals surface area contributed by atoms with E-state index >= 15 is 0 Å². The number of hydrogen-bond acceptors (Lipinski definition) is 3. The molecule has 0 amide bonds. The highest BCUT2D eigenvalue weighted by Crippen LogP contribution is 2.46. The molecule has 0 saturated carbocycles. The minimum absolute atomic E-state index is 0.205. The average molecular weight is 315 g/mol. The van der Waals surface area contributed by atoms with E-state index in [2.05, 4.69) is 9.64 Å². The molecule has 2 fully saturated rings. The van der Waals surface area contributed by atoms with Gasteiger partial charge in [0.15, 0.2) is 0 Å². The van der Waals surface area contributed by atoms with Gasteiger partial charge in [-0.15, -0.1) is 13.2 Å². The summed E-state index contributed by atoms with van der Waals surface area (Å²) in [6.07, 6.45) is -0.823. The second-order valence-corrected chi connectivity index (χ2v) is 6.39. The Morgan fingerprint density at radius 2 is 1.77 bits per heavy atom. The fraction of sp³-hybridized carbons (Fsp3) is 0.625. The quantitative estimate of drug-likeness (QED) is 0.908. The summed E-state index contributed by atoms with van der Waals surface area (Å²) in [5, 5.41) is 11.1. The number of benzene rings is 1. The molecule has 6 heteroatoms. The van der Waals surface area contributed by atoms with Gasteiger partial charge in [0.25, 0.3) is 0 Å². The molecule has 0 spiro atoms. The van der Waals surface area contributed by atoms with Gasteiger partial charge in [-0.25, -0.2) is 0 Å². The van der Waals surface area contributed by atoms with Crippen LogP contribution in [-0.4, -0.2) is 35.5 Å². The minimum atomic E-state index is -4.76. The topological polar surface area (TPSA) is 32.7 Å². The molecule has 0 aromatic heterocycles. The molecule has 2 aliphatic rings. The zero-order valence-corrected chi connectivity index (χ0v) is 12.4. The monoisotopic (exact) mass is 315 g/mol. The Labute approximate surface area is 127 Å². The summed E-state index contributed by atoms with van der Waals surface area (Å²) in [5.74, 6) is -0.292. The first kappa shape index (κ1) is 15.6. The first-order valence-corrected chi connectivity index (χ1v) is 7.58. The molecule has 2 aliphatic heterocycles. The Balaban J connectivity index is 1.93. The fourth-order valence-corrected chi connectivity index (χ4v) is 3.93. The van der Waals surface area contributed by atoms with Crippen LogP contribution in [0.15, 0.2) is 24.3 Å². The van der Waals surface area contributed by atoms with E-state index in [0.29, 0.717) is 12.8 Å². The van der Waals surface area contributed by atoms with E-state index in [4.69, 9.17) is 0 Å². The number of para-hydroxylation sites is 1. The number of fused-ring (bicyclic) bond motifs is 2. The van der Waals surface area contributed by atoms with Crippen molar-refractivity contribution in [3.63, 3.8) is 0 Å². The summed E-state index contributed by atoms with van der Waals surface area (Å²) in [4.78, 5) is 2.26. The Kier molecular flexibility index (Phi) is 3.85. The molecule has 0 aliphatic carbocycles. The van der Waals surface area contributed by atoms with Crippen LogP contribution in [0.1, 0.15) is 37.7 Å². The SMILES string of the molecule is CN1C2CCCC1CC(O)(c1ccccc1OC(F)(F)F)C2. The Hall–Kier alpha value is -1.27. The van der Waals surface area contributed by atoms with Crippen molar-refractivity contribution in [1.82, 2.24) is 4.90 Å². The lowest BCUT2D eigenvalue weighted by Crippen LogP contribution is -2.55. The number of aliphatic hydroxyl groups is 1. The number of ether oxygens (including phenoxy) is 1. The van der Waals surface area contributed by atoms with Crippen LogP contribution in [0, 0.1) is 0 Å². The maximum absolute atomic E-state index is 12.6. The second-order valence-electron chi connectivity index (χ2n) is 6.39. The third kappa shape index (κ3) is 2.94. The zero-order valence-electron chi connectivity index (χ0n) is 12.4. The van der Waals surface area contributed by atoms with Crippen LogP contribution in [0.5, 0.6) is 5.75 Å². The molecule has 0 radical (unpaired) electrons. The standard InChI is InChI=1S/C16H20F3NO2/c1-20-11-5-4-6-12(20)10-15(21,9-11)13-7-2-3-8-14(13)22-16(17,18)19/h2-3,7-8,11-12,21H,4-6,9-10H2,1H3. The van der Waals surface area contributed by atoms with Gasteiger partial charge in [0.1, 0.15) is 5.75 Å². The van der Waals surface area contributed by atoms with Gasteiger partial charge >= 0.3 is 6.36 Å². The van der Waals surface area contributed by atoms with E-state index in [-0.39, 0.29) is 23.4 Å². The largest absolute Gasteiger partial charge is 0.573 e. The third-order valence-corrected chi connectivity index (χ3v) is 4.99. The molecule has 3 rings (SSSR count). The molecule has 2 heterocycles. The summed E-state index contributed by atoms with van der Waals surface area (Å²) in [6.45, 7) is 0. The maximum atomic E-state index is 12.6. The van der Waals surface area contributed by atoms with E-state index in [1.807, 2.05) is 7.05 Å². The van der Waals surface area contributed by atoms with Crippen molar-refractivity contribution in [2.75, 3.05) is 7.05 Å². The highest BCUT2D eigenvalue weighted by molar-refractivity contribution is 5.39. The van der Waals surface area contributed by atoms with Crippen LogP contribution in [-0.2, 0) is 5.60 Å². The van der Waals surface area contributed by atoms with Crippen molar-refractivity contribution in [2.24, 2.45) is 0 Å². The van der Waals surface area contributed by atoms with Gasteiger partial charge in [0, 0.05) is 17.6 Å². The number of piperidine rings is 2. The lowest BCUT2D eigenvalue weighted by Gasteiger charge is -2.51. The van der Waals surface area contributed by atoms with Gasteiger partial charge in [-0.1, -0.05) is 24.6 Å². The summed E-state index contributed by atoms with van der Waals surface area (Å²) < 4.78 is 41.9. The van der Waals surface area contributed by atoms with Gasteiger partial charge < -0.3 is 14.7 Å². The van der Waals surface area contributed by atoms with Gasteiger partial charge in [0.05, 0.1) is 5.60 Å². The summed E-state index contributed by atoms with van der Waals surface area (Å²) in [6, 6.07) is 6.36. The number of rotatable bonds is 2. The predicted molar refractivity (Wildman–Crippen MR) is 75.4 cm³/mol. The van der Waals surface area contributed by atoms with Crippen molar-refractivity contribution in [3.8, 4) is 5.75 Å². The van der Waals surface area contributed by atoms with Crippen molar-refractivity contribution >= 4 is 0 Å². The molecule has 22 heavy (non-hydrogen) atoms. The fourth-order valence-electron chi connectivity index (χ4n) is 3.93. The maximum Gasteiger partial charge on any atom is 0.573 e. The predicted octanol–water partition coefficient (Wildman–Crippen LogP) is 3.42. The molecule has 1 N–H and O–H groups in total. The van der Waals surface area contributed by atoms with Crippen molar-refractivity contribution in [3.05, 3.63) is 29.8 Å². The summed E-state index contributed by atoms with van der Waals surface area (Å²) >= 11 is 0. The van der Waals surface area contributed by atoms with Gasteiger partial charge in [-0.2, -0.15) is 0 Å². The van der Waals surface area contributed by atoms with Crippen LogP contribution in [0.3, 0.4) is 0 Å². The highest BCUT2D eigenvalue weighted by atomic mass is 19.4. The number of halogens is 3. The molecule has 122 valence electrons. The van der Waals surface area contributed by atoms with Gasteiger partial charge in [-0.3, -0.25) is 0 Å². The smallest absolute Gasteiger partial charge is 0.405 e. The first-order chi connectivity index (χ1) is 10.3. The van der Waals surface area contributed by atoms with E-state index in [1.54, 1.807) is 12.1 Å². The molecular formula is C16H20F3NO2. The number of nitrogens with zero attached hydrogens (tertiary/aromatic N) is 1. The molecule has 2 unspecified atom stereocenters. The van der Waals surface area contributed by atoms with Crippen LogP contribution in [0.2, 0.25) is 0 Å². The molecule has 3 nitrogen and oxygen atoms in total. The summed E-state index contributed by atoms with van der Waals surface area (Å²) in [5.41, 5.74) is -1.01. The van der Waals surface area contributed by atoms with Crippen molar-refractivity contribution in [2.45, 2.75) is 56.2 Å². The molecule has 2 saturated heterocycles. The van der Waals surface area contributed by atoms with E-state index in [9.17, 15) is 18.3 Å². The van der Waals surface area contributed by atoms with Crippen LogP contribution in [0.25, 0.3) is 0 Å². The molecule has 2 atom stereocenters. The third-order valence-electron chi connectivity index (χ3n) is 4.99. The Morgan fingerprint density at radius 1 is 1.18 bits per heavy atom. The Morgan fingerprint density at radius 3 is 2.36 bits per heavy atom. The van der Waals surface area contributed by atoms with E-state index in [0.717, 1.165) is 19.3 Å². The second kappa shape index (κ2) is 5.42. The minimum Gasteiger partial charge on any atom is -0.405 e. The highest BCUT2D eigenvalue weighted by Gasteiger charge is 2.46. The first-order valence-electron chi connectivity index (χ1n) is 7.58. The number of alkyl halides is 3.